The third-order valence-electron chi connectivity index (χ3n) is 4.38. The lowest BCUT2D eigenvalue weighted by molar-refractivity contribution is -0.511. The Hall–Kier alpha value is -1.02. The summed E-state index contributed by atoms with van der Waals surface area (Å²) in [5.41, 5.74) is 0. The van der Waals surface area contributed by atoms with E-state index in [1.807, 2.05) is 0 Å². The van der Waals surface area contributed by atoms with E-state index in [1.54, 1.807) is 0 Å². The van der Waals surface area contributed by atoms with Crippen molar-refractivity contribution >= 4 is 0 Å². The standard InChI is InChI=1S/C10H5F14N/c1-25-7(17,18)3-2(6(15,16)10(25,23)24)4(11,12)8(19,20)9(21,22)5(3,13)14/h2-3H,1H3. The van der Waals surface area contributed by atoms with Crippen molar-refractivity contribution < 1.29 is 61.5 Å². The summed E-state index contributed by atoms with van der Waals surface area (Å²) in [4.78, 5) is -2.11. The highest BCUT2D eigenvalue weighted by atomic mass is 19.4. The number of rotatable bonds is 0. The van der Waals surface area contributed by atoms with Crippen molar-refractivity contribution in [3.05, 3.63) is 0 Å². The summed E-state index contributed by atoms with van der Waals surface area (Å²) in [7, 11) is -0.622. The quantitative estimate of drug-likeness (QED) is 0.423. The molecule has 0 aromatic rings. The maximum absolute atomic E-state index is 13.7. The molecule has 0 N–H and O–H groups in total. The molecule has 148 valence electrons. The monoisotopic (exact) mass is 405 g/mol. The van der Waals surface area contributed by atoms with Gasteiger partial charge in [-0.3, -0.25) is 0 Å². The van der Waals surface area contributed by atoms with Crippen molar-refractivity contribution in [1.29, 1.82) is 0 Å². The summed E-state index contributed by atoms with van der Waals surface area (Å²) in [6.07, 6.45) is 0. The molecule has 1 heterocycles. The molecule has 0 radical (unpaired) electrons. The number of hydrogen-bond acceptors (Lipinski definition) is 1. The molecule has 1 aliphatic carbocycles. The van der Waals surface area contributed by atoms with E-state index in [9.17, 15) is 61.5 Å². The van der Waals surface area contributed by atoms with Crippen LogP contribution in [0.3, 0.4) is 0 Å². The van der Waals surface area contributed by atoms with Gasteiger partial charge in [0.1, 0.15) is 11.8 Å². The Morgan fingerprint density at radius 3 is 1.20 bits per heavy atom. The molecule has 0 aromatic heterocycles. The van der Waals surface area contributed by atoms with Crippen LogP contribution >= 0.6 is 0 Å². The molecule has 2 fully saturated rings. The smallest absolute Gasteiger partial charge is 0.199 e. The van der Waals surface area contributed by atoms with E-state index in [0.29, 0.717) is 0 Å². The third-order valence-corrected chi connectivity index (χ3v) is 4.38. The molecule has 1 nitrogen and oxygen atoms in total. The van der Waals surface area contributed by atoms with Crippen molar-refractivity contribution in [1.82, 2.24) is 4.90 Å². The molecule has 0 aromatic carbocycles. The first-order valence-corrected chi connectivity index (χ1v) is 6.03. The predicted octanol–water partition coefficient (Wildman–Crippen LogP) is 4.54. The minimum absolute atomic E-state index is 0.622. The van der Waals surface area contributed by atoms with Crippen LogP contribution in [0.15, 0.2) is 0 Å². The van der Waals surface area contributed by atoms with Crippen molar-refractivity contribution in [3.8, 4) is 0 Å². The van der Waals surface area contributed by atoms with Gasteiger partial charge in [0, 0.05) is 0 Å². The first-order chi connectivity index (χ1) is 10.6. The van der Waals surface area contributed by atoms with Gasteiger partial charge in [-0.25, -0.2) is 0 Å². The Kier molecular flexibility index (Phi) is 3.61. The SMILES string of the molecule is CN1C(F)(F)C2C(C(F)(F)C1(F)F)C(F)(F)C(F)(F)C(F)(F)C2(F)F. The molecule has 1 saturated carbocycles. The molecule has 2 unspecified atom stereocenters. The number of hydrogen-bond donors (Lipinski definition) is 0. The minimum Gasteiger partial charge on any atom is -0.199 e. The Labute approximate surface area is 128 Å². The Morgan fingerprint density at radius 1 is 0.520 bits per heavy atom. The molecular formula is C10H5F14N. The molecule has 1 saturated heterocycles. The topological polar surface area (TPSA) is 3.24 Å². The normalized spacial score (nSPS) is 39.5. The number of likely N-dealkylation sites (tertiary alicyclic amines) is 1. The third kappa shape index (κ3) is 1.80. The average molecular weight is 405 g/mol. The van der Waals surface area contributed by atoms with Crippen molar-refractivity contribution in [2.24, 2.45) is 11.8 Å². The summed E-state index contributed by atoms with van der Waals surface area (Å²) < 4.78 is 188. The molecule has 2 rings (SSSR count). The van der Waals surface area contributed by atoms with Crippen LogP contribution in [0.5, 0.6) is 0 Å². The fourth-order valence-electron chi connectivity index (χ4n) is 2.89. The second-order valence-electron chi connectivity index (χ2n) is 5.66. The highest BCUT2D eigenvalue weighted by Gasteiger charge is 2.98. The van der Waals surface area contributed by atoms with Crippen molar-refractivity contribution in [3.63, 3.8) is 0 Å². The molecule has 15 heteroatoms. The zero-order valence-corrected chi connectivity index (χ0v) is 11.4. The van der Waals surface area contributed by atoms with E-state index in [2.05, 4.69) is 0 Å². The zero-order chi connectivity index (χ0) is 20.2. The fourth-order valence-corrected chi connectivity index (χ4v) is 2.89. The van der Waals surface area contributed by atoms with Crippen molar-refractivity contribution in [2.45, 2.75) is 41.7 Å². The second kappa shape index (κ2) is 4.44. The van der Waals surface area contributed by atoms with E-state index in [0.717, 1.165) is 0 Å². The number of nitrogens with zero attached hydrogens (tertiary/aromatic N) is 1. The summed E-state index contributed by atoms with van der Waals surface area (Å²) in [5.74, 6) is -45.8. The van der Waals surface area contributed by atoms with Crippen LogP contribution in [0.2, 0.25) is 0 Å². The average Bonchev–Trinajstić information content (AvgIpc) is 2.39. The summed E-state index contributed by atoms with van der Waals surface area (Å²) in [6, 6.07) is -12.4. The lowest BCUT2D eigenvalue weighted by atomic mass is 9.63. The Morgan fingerprint density at radius 2 is 0.840 bits per heavy atom. The molecule has 1 aliphatic heterocycles. The van der Waals surface area contributed by atoms with Crippen LogP contribution in [-0.2, 0) is 0 Å². The highest BCUT2D eigenvalue weighted by Crippen LogP contribution is 2.72. The lowest BCUT2D eigenvalue weighted by Crippen LogP contribution is -2.84. The highest BCUT2D eigenvalue weighted by molar-refractivity contribution is 5.23. The number of halogens is 14. The van der Waals surface area contributed by atoms with E-state index >= 15 is 0 Å². The van der Waals surface area contributed by atoms with Crippen LogP contribution in [0.1, 0.15) is 0 Å². The van der Waals surface area contributed by atoms with Gasteiger partial charge in [-0.15, -0.1) is 0 Å². The van der Waals surface area contributed by atoms with Gasteiger partial charge in [0.25, 0.3) is 0 Å². The predicted molar refractivity (Wildman–Crippen MR) is 49.4 cm³/mol. The van der Waals surface area contributed by atoms with Gasteiger partial charge >= 0.3 is 41.7 Å². The molecule has 2 aliphatic rings. The Bertz CT molecular complexity index is 580. The van der Waals surface area contributed by atoms with Crippen LogP contribution in [0.4, 0.5) is 61.5 Å². The van der Waals surface area contributed by atoms with Crippen molar-refractivity contribution in [2.75, 3.05) is 7.05 Å². The maximum Gasteiger partial charge on any atom is 0.378 e. The van der Waals surface area contributed by atoms with E-state index in [4.69, 9.17) is 0 Å². The first kappa shape index (κ1) is 20.3. The molecule has 0 spiro atoms. The zero-order valence-electron chi connectivity index (χ0n) is 11.4. The summed E-state index contributed by atoms with van der Waals surface area (Å²) in [6.45, 7) is 0. The lowest BCUT2D eigenvalue weighted by Gasteiger charge is -2.59. The number of alkyl halides is 14. The number of piperidine rings is 1. The van der Waals surface area contributed by atoms with Crippen LogP contribution in [0.25, 0.3) is 0 Å². The van der Waals surface area contributed by atoms with Gasteiger partial charge < -0.3 is 0 Å². The first-order valence-electron chi connectivity index (χ1n) is 6.03. The van der Waals surface area contributed by atoms with Gasteiger partial charge in [-0.1, -0.05) is 0 Å². The van der Waals surface area contributed by atoms with Gasteiger partial charge in [0.15, 0.2) is 0 Å². The maximum atomic E-state index is 13.7. The molecule has 0 bridgehead atoms. The molecule has 0 amide bonds. The molecule has 25 heavy (non-hydrogen) atoms. The van der Waals surface area contributed by atoms with E-state index in [1.165, 1.54) is 0 Å². The van der Waals surface area contributed by atoms with Crippen LogP contribution < -0.4 is 0 Å². The van der Waals surface area contributed by atoms with Gasteiger partial charge in [0.2, 0.25) is 0 Å². The van der Waals surface area contributed by atoms with E-state index < -0.39 is 65.5 Å². The van der Waals surface area contributed by atoms with Gasteiger partial charge in [-0.05, 0) is 7.05 Å². The van der Waals surface area contributed by atoms with Crippen LogP contribution in [0, 0.1) is 11.8 Å². The second-order valence-corrected chi connectivity index (χ2v) is 5.66. The van der Waals surface area contributed by atoms with Crippen LogP contribution in [-0.4, -0.2) is 53.7 Å². The largest absolute Gasteiger partial charge is 0.378 e. The fraction of sp³-hybridized carbons (Fsp3) is 1.00. The van der Waals surface area contributed by atoms with Gasteiger partial charge in [-0.2, -0.15) is 66.4 Å². The summed E-state index contributed by atoms with van der Waals surface area (Å²) in [5, 5.41) is 0. The van der Waals surface area contributed by atoms with Gasteiger partial charge in [0.05, 0.1) is 0 Å². The summed E-state index contributed by atoms with van der Waals surface area (Å²) >= 11 is 0. The minimum atomic E-state index is -7.31. The molecular weight excluding hydrogens is 400 g/mol. The molecule has 2 atom stereocenters. The number of fused-ring (bicyclic) bond motifs is 1. The van der Waals surface area contributed by atoms with E-state index in [-0.39, 0.29) is 0 Å². The Balaban J connectivity index is 2.92.